The van der Waals surface area contributed by atoms with Gasteiger partial charge < -0.3 is 10.1 Å². The van der Waals surface area contributed by atoms with Gasteiger partial charge in [-0.05, 0) is 46.1 Å². The second-order valence-electron chi connectivity index (χ2n) is 6.71. The number of piperidine rings is 1. The summed E-state index contributed by atoms with van der Waals surface area (Å²) in [5.74, 6) is -0.718. The molecule has 2 N–H and O–H groups in total. The fraction of sp³-hybridized carbons (Fsp3) is 0.824. The van der Waals surface area contributed by atoms with Gasteiger partial charge in [-0.15, -0.1) is 0 Å². The third-order valence-electron chi connectivity index (χ3n) is 4.93. The van der Waals surface area contributed by atoms with Crippen molar-refractivity contribution in [2.75, 3.05) is 19.7 Å². The molecule has 3 amide bonds. The minimum Gasteiger partial charge on any atom is -0.466 e. The average Bonchev–Trinajstić information content (AvgIpc) is 3.07. The van der Waals surface area contributed by atoms with Crippen LogP contribution in [0.5, 0.6) is 0 Å². The van der Waals surface area contributed by atoms with E-state index in [0.717, 1.165) is 45.1 Å². The Hall–Kier alpha value is -1.63. The normalized spacial score (nSPS) is 23.5. The fourth-order valence-electron chi connectivity index (χ4n) is 3.48. The Kier molecular flexibility index (Phi) is 7.02. The maximum absolute atomic E-state index is 12.3. The van der Waals surface area contributed by atoms with Gasteiger partial charge in [-0.2, -0.15) is 0 Å². The number of nitrogens with one attached hydrogen (secondary N) is 2. The molecule has 1 saturated heterocycles. The number of carbonyl (C=O) groups is 3. The van der Waals surface area contributed by atoms with E-state index in [4.69, 9.17) is 4.74 Å². The Morgan fingerprint density at radius 3 is 2.54 bits per heavy atom. The highest BCUT2D eigenvalue weighted by Crippen LogP contribution is 2.20. The van der Waals surface area contributed by atoms with E-state index in [1.807, 2.05) is 4.90 Å². The van der Waals surface area contributed by atoms with Gasteiger partial charge in [0.2, 0.25) is 5.91 Å². The fourth-order valence-corrected chi connectivity index (χ4v) is 3.48. The van der Waals surface area contributed by atoms with Crippen LogP contribution in [0.1, 0.15) is 52.4 Å². The van der Waals surface area contributed by atoms with Crippen LogP contribution >= 0.6 is 0 Å². The summed E-state index contributed by atoms with van der Waals surface area (Å²) in [7, 11) is 0. The predicted octanol–water partition coefficient (Wildman–Crippen LogP) is 1.42. The van der Waals surface area contributed by atoms with Crippen LogP contribution in [0.3, 0.4) is 0 Å². The molecular formula is C17H29N3O4. The number of imide groups is 1. The minimum absolute atomic E-state index is 0.177. The summed E-state index contributed by atoms with van der Waals surface area (Å²) in [4.78, 5) is 38.1. The number of hydrogen-bond acceptors (Lipinski definition) is 5. The largest absolute Gasteiger partial charge is 0.466 e. The van der Waals surface area contributed by atoms with Crippen LogP contribution in [0.4, 0.5) is 4.79 Å². The summed E-state index contributed by atoms with van der Waals surface area (Å²) in [6, 6.07) is -0.689. The first-order chi connectivity index (χ1) is 11.5. The first kappa shape index (κ1) is 18.7. The number of likely N-dealkylation sites (tertiary alicyclic amines) is 1. The molecule has 1 heterocycles. The number of carbonyl (C=O) groups excluding carboxylic acids is 3. The Bertz CT molecular complexity index is 463. The molecule has 0 unspecified atom stereocenters. The first-order valence-corrected chi connectivity index (χ1v) is 9.03. The lowest BCUT2D eigenvalue weighted by molar-refractivity contribution is -0.151. The van der Waals surface area contributed by atoms with E-state index in [9.17, 15) is 14.4 Å². The summed E-state index contributed by atoms with van der Waals surface area (Å²) in [5, 5.41) is 5.27. The molecule has 0 aromatic rings. The average molecular weight is 339 g/mol. The Labute approximate surface area is 143 Å². The van der Waals surface area contributed by atoms with Crippen molar-refractivity contribution in [1.82, 2.24) is 15.5 Å². The van der Waals surface area contributed by atoms with Crippen LogP contribution in [0.15, 0.2) is 0 Å². The van der Waals surface area contributed by atoms with Crippen molar-refractivity contribution in [3.63, 3.8) is 0 Å². The zero-order chi connectivity index (χ0) is 17.5. The molecule has 0 radical (unpaired) electrons. The molecular weight excluding hydrogens is 310 g/mol. The molecule has 136 valence electrons. The lowest BCUT2D eigenvalue weighted by atomic mass is 9.97. The van der Waals surface area contributed by atoms with Crippen molar-refractivity contribution in [3.05, 3.63) is 0 Å². The second-order valence-corrected chi connectivity index (χ2v) is 6.71. The smallest absolute Gasteiger partial charge is 0.321 e. The van der Waals surface area contributed by atoms with Gasteiger partial charge >= 0.3 is 12.0 Å². The van der Waals surface area contributed by atoms with Crippen molar-refractivity contribution in [2.24, 2.45) is 5.92 Å². The van der Waals surface area contributed by atoms with E-state index in [0.29, 0.717) is 13.2 Å². The predicted molar refractivity (Wildman–Crippen MR) is 89.3 cm³/mol. The number of hydrogen-bond donors (Lipinski definition) is 2. The second kappa shape index (κ2) is 9.01. The molecule has 7 nitrogen and oxygen atoms in total. The zero-order valence-electron chi connectivity index (χ0n) is 14.7. The lowest BCUT2D eigenvalue weighted by Gasteiger charge is -2.34. The number of nitrogens with zero attached hydrogens (tertiary/aromatic N) is 1. The molecule has 2 atom stereocenters. The number of esters is 1. The summed E-state index contributed by atoms with van der Waals surface area (Å²) in [5.41, 5.74) is 0. The van der Waals surface area contributed by atoms with E-state index in [1.165, 1.54) is 0 Å². The quantitative estimate of drug-likeness (QED) is 0.740. The molecule has 2 rings (SSSR count). The Morgan fingerprint density at radius 2 is 1.88 bits per heavy atom. The molecule has 1 saturated carbocycles. The van der Waals surface area contributed by atoms with Gasteiger partial charge in [0.1, 0.15) is 0 Å². The van der Waals surface area contributed by atoms with Gasteiger partial charge in [0, 0.05) is 12.6 Å². The SMILES string of the molecule is CCOC(=O)[C@@H]1CCCN([C@@H](C)C(=O)NC(=O)NC2CCCC2)C1. The van der Waals surface area contributed by atoms with Gasteiger partial charge in [0.25, 0.3) is 0 Å². The molecule has 2 fully saturated rings. The van der Waals surface area contributed by atoms with Crippen LogP contribution in [-0.4, -0.2) is 54.6 Å². The minimum atomic E-state index is -0.448. The highest BCUT2D eigenvalue weighted by Gasteiger charge is 2.32. The first-order valence-electron chi connectivity index (χ1n) is 9.03. The molecule has 2 aliphatic rings. The Balaban J connectivity index is 1.80. The summed E-state index contributed by atoms with van der Waals surface area (Å²) < 4.78 is 5.08. The standard InChI is InChI=1S/C17H29N3O4/c1-3-24-16(22)13-7-6-10-20(11-13)12(2)15(21)19-17(23)18-14-8-4-5-9-14/h12-14H,3-11H2,1-2H3,(H2,18,19,21,23)/t12-,13+/m0/s1. The van der Waals surface area contributed by atoms with Crippen LogP contribution in [0.2, 0.25) is 0 Å². The third-order valence-corrected chi connectivity index (χ3v) is 4.93. The highest BCUT2D eigenvalue weighted by molar-refractivity contribution is 5.96. The van der Waals surface area contributed by atoms with Gasteiger partial charge in [0.15, 0.2) is 0 Å². The topological polar surface area (TPSA) is 87.7 Å². The summed E-state index contributed by atoms with van der Waals surface area (Å²) in [6.45, 7) is 5.17. The number of rotatable bonds is 5. The molecule has 0 aromatic heterocycles. The maximum Gasteiger partial charge on any atom is 0.321 e. The molecule has 7 heteroatoms. The summed E-state index contributed by atoms with van der Waals surface area (Å²) >= 11 is 0. The van der Waals surface area contributed by atoms with Crippen molar-refractivity contribution >= 4 is 17.9 Å². The van der Waals surface area contributed by atoms with Crippen LogP contribution in [-0.2, 0) is 14.3 Å². The van der Waals surface area contributed by atoms with E-state index in [1.54, 1.807) is 13.8 Å². The van der Waals surface area contributed by atoms with Crippen LogP contribution < -0.4 is 10.6 Å². The number of ether oxygens (including phenoxy) is 1. The highest BCUT2D eigenvalue weighted by atomic mass is 16.5. The van der Waals surface area contributed by atoms with E-state index < -0.39 is 12.1 Å². The van der Waals surface area contributed by atoms with Crippen molar-refractivity contribution < 1.29 is 19.1 Å². The molecule has 0 spiro atoms. The van der Waals surface area contributed by atoms with Crippen LogP contribution in [0.25, 0.3) is 0 Å². The van der Waals surface area contributed by atoms with Gasteiger partial charge in [-0.3, -0.25) is 19.8 Å². The van der Waals surface area contributed by atoms with Crippen molar-refractivity contribution in [2.45, 2.75) is 64.5 Å². The van der Waals surface area contributed by atoms with E-state index >= 15 is 0 Å². The third kappa shape index (κ3) is 5.19. The monoisotopic (exact) mass is 339 g/mol. The van der Waals surface area contributed by atoms with Crippen LogP contribution in [0, 0.1) is 5.92 Å². The molecule has 0 bridgehead atoms. The van der Waals surface area contributed by atoms with Gasteiger partial charge in [-0.1, -0.05) is 12.8 Å². The van der Waals surface area contributed by atoms with Gasteiger partial charge in [0.05, 0.1) is 18.6 Å². The lowest BCUT2D eigenvalue weighted by Crippen LogP contribution is -2.53. The van der Waals surface area contributed by atoms with E-state index in [-0.39, 0.29) is 23.8 Å². The molecule has 1 aliphatic heterocycles. The number of amides is 3. The zero-order valence-corrected chi connectivity index (χ0v) is 14.7. The summed E-state index contributed by atoms with van der Waals surface area (Å²) in [6.07, 6.45) is 5.83. The number of urea groups is 1. The molecule has 1 aliphatic carbocycles. The Morgan fingerprint density at radius 1 is 1.17 bits per heavy atom. The molecule has 24 heavy (non-hydrogen) atoms. The van der Waals surface area contributed by atoms with Gasteiger partial charge in [-0.25, -0.2) is 4.79 Å². The van der Waals surface area contributed by atoms with E-state index in [2.05, 4.69) is 10.6 Å². The molecule has 0 aromatic carbocycles. The van der Waals surface area contributed by atoms with Crippen molar-refractivity contribution in [3.8, 4) is 0 Å². The maximum atomic E-state index is 12.3. The van der Waals surface area contributed by atoms with Crippen molar-refractivity contribution in [1.29, 1.82) is 0 Å².